The molecule has 1 fully saturated rings. The summed E-state index contributed by atoms with van der Waals surface area (Å²) in [5.74, 6) is 1.45. The van der Waals surface area contributed by atoms with E-state index in [1.165, 1.54) is 31.5 Å². The first kappa shape index (κ1) is 14.0. The molecule has 1 aliphatic heterocycles. The minimum Gasteiger partial charge on any atom is -0.353 e. The fraction of sp³-hybridized carbons (Fsp3) is 0.412. The SMILES string of the molecule is c1ccc(C2CCN(CCNc3ncccn3)CC2)cc1. The van der Waals surface area contributed by atoms with E-state index in [1.54, 1.807) is 12.4 Å². The molecule has 21 heavy (non-hydrogen) atoms. The second-order valence-corrected chi connectivity index (χ2v) is 5.53. The lowest BCUT2D eigenvalue weighted by molar-refractivity contribution is 0.219. The molecule has 0 aliphatic carbocycles. The van der Waals surface area contributed by atoms with Crippen LogP contribution in [0.4, 0.5) is 5.95 Å². The number of aromatic nitrogens is 2. The Morgan fingerprint density at radius 2 is 1.71 bits per heavy atom. The highest BCUT2D eigenvalue weighted by molar-refractivity contribution is 5.22. The molecule has 110 valence electrons. The maximum atomic E-state index is 4.17. The van der Waals surface area contributed by atoms with Crippen LogP contribution >= 0.6 is 0 Å². The third-order valence-electron chi connectivity index (χ3n) is 4.14. The second kappa shape index (κ2) is 7.18. The summed E-state index contributed by atoms with van der Waals surface area (Å²) in [5, 5.41) is 3.27. The van der Waals surface area contributed by atoms with Crippen molar-refractivity contribution in [1.29, 1.82) is 0 Å². The van der Waals surface area contributed by atoms with E-state index in [9.17, 15) is 0 Å². The monoisotopic (exact) mass is 282 g/mol. The van der Waals surface area contributed by atoms with Gasteiger partial charge in [-0.25, -0.2) is 9.97 Å². The van der Waals surface area contributed by atoms with Gasteiger partial charge < -0.3 is 10.2 Å². The molecule has 0 atom stereocenters. The third-order valence-corrected chi connectivity index (χ3v) is 4.14. The van der Waals surface area contributed by atoms with E-state index in [0.29, 0.717) is 0 Å². The van der Waals surface area contributed by atoms with Gasteiger partial charge in [0.15, 0.2) is 0 Å². The van der Waals surface area contributed by atoms with E-state index in [4.69, 9.17) is 0 Å². The lowest BCUT2D eigenvalue weighted by Crippen LogP contribution is -2.36. The molecule has 0 amide bonds. The van der Waals surface area contributed by atoms with Crippen LogP contribution in [0.15, 0.2) is 48.8 Å². The number of benzene rings is 1. The minimum atomic E-state index is 0.719. The van der Waals surface area contributed by atoms with E-state index in [-0.39, 0.29) is 0 Å². The van der Waals surface area contributed by atoms with Crippen LogP contribution in [-0.2, 0) is 0 Å². The van der Waals surface area contributed by atoms with Crippen molar-refractivity contribution in [3.63, 3.8) is 0 Å². The summed E-state index contributed by atoms with van der Waals surface area (Å²) in [6.07, 6.45) is 6.04. The first-order valence-corrected chi connectivity index (χ1v) is 7.70. The maximum absolute atomic E-state index is 4.17. The molecule has 0 radical (unpaired) electrons. The van der Waals surface area contributed by atoms with Crippen LogP contribution in [0.3, 0.4) is 0 Å². The Hall–Kier alpha value is -1.94. The highest BCUT2D eigenvalue weighted by atomic mass is 15.2. The summed E-state index contributed by atoms with van der Waals surface area (Å²) in [6.45, 7) is 4.31. The summed E-state index contributed by atoms with van der Waals surface area (Å²) >= 11 is 0. The van der Waals surface area contributed by atoms with Crippen molar-refractivity contribution >= 4 is 5.95 Å². The molecule has 4 nitrogen and oxygen atoms in total. The lowest BCUT2D eigenvalue weighted by atomic mass is 9.89. The van der Waals surface area contributed by atoms with Gasteiger partial charge in [0.2, 0.25) is 5.95 Å². The van der Waals surface area contributed by atoms with Crippen LogP contribution in [-0.4, -0.2) is 41.0 Å². The molecule has 0 saturated carbocycles. The van der Waals surface area contributed by atoms with Crippen molar-refractivity contribution in [2.75, 3.05) is 31.5 Å². The number of piperidine rings is 1. The molecule has 2 aromatic rings. The van der Waals surface area contributed by atoms with Crippen LogP contribution < -0.4 is 5.32 Å². The topological polar surface area (TPSA) is 41.0 Å². The number of rotatable bonds is 5. The van der Waals surface area contributed by atoms with E-state index in [2.05, 4.69) is 50.5 Å². The zero-order valence-electron chi connectivity index (χ0n) is 12.3. The summed E-state index contributed by atoms with van der Waals surface area (Å²) in [7, 11) is 0. The molecule has 1 aromatic carbocycles. The molecule has 1 saturated heterocycles. The van der Waals surface area contributed by atoms with E-state index >= 15 is 0 Å². The average molecular weight is 282 g/mol. The molecule has 1 aromatic heterocycles. The van der Waals surface area contributed by atoms with Crippen LogP contribution in [0.5, 0.6) is 0 Å². The van der Waals surface area contributed by atoms with Crippen molar-refractivity contribution < 1.29 is 0 Å². The van der Waals surface area contributed by atoms with Crippen molar-refractivity contribution in [3.8, 4) is 0 Å². The van der Waals surface area contributed by atoms with Crippen LogP contribution in [0.2, 0.25) is 0 Å². The Bertz CT molecular complexity index is 518. The Morgan fingerprint density at radius 3 is 2.43 bits per heavy atom. The van der Waals surface area contributed by atoms with Gasteiger partial charge in [0, 0.05) is 25.5 Å². The van der Waals surface area contributed by atoms with Crippen LogP contribution in [0.25, 0.3) is 0 Å². The van der Waals surface area contributed by atoms with E-state index < -0.39 is 0 Å². The molecule has 2 heterocycles. The standard InChI is InChI=1S/C17H22N4/c1-2-5-15(6-3-1)16-7-12-21(13-8-16)14-11-20-17-18-9-4-10-19-17/h1-6,9-10,16H,7-8,11-14H2,(H,18,19,20). The van der Waals surface area contributed by atoms with Gasteiger partial charge in [-0.1, -0.05) is 30.3 Å². The minimum absolute atomic E-state index is 0.719. The van der Waals surface area contributed by atoms with Crippen molar-refractivity contribution in [2.24, 2.45) is 0 Å². The smallest absolute Gasteiger partial charge is 0.222 e. The molecule has 4 heteroatoms. The molecule has 0 spiro atoms. The number of anilines is 1. The summed E-state index contributed by atoms with van der Waals surface area (Å²) < 4.78 is 0. The first-order valence-electron chi connectivity index (χ1n) is 7.70. The van der Waals surface area contributed by atoms with Gasteiger partial charge in [0.1, 0.15) is 0 Å². The van der Waals surface area contributed by atoms with Gasteiger partial charge in [0.05, 0.1) is 0 Å². The highest BCUT2D eigenvalue weighted by Crippen LogP contribution is 2.27. The first-order chi connectivity index (χ1) is 10.4. The van der Waals surface area contributed by atoms with Gasteiger partial charge in [-0.2, -0.15) is 0 Å². The largest absolute Gasteiger partial charge is 0.353 e. The lowest BCUT2D eigenvalue weighted by Gasteiger charge is -2.32. The molecule has 0 bridgehead atoms. The van der Waals surface area contributed by atoms with Crippen molar-refractivity contribution in [1.82, 2.24) is 14.9 Å². The number of hydrogen-bond acceptors (Lipinski definition) is 4. The number of likely N-dealkylation sites (tertiary alicyclic amines) is 1. The van der Waals surface area contributed by atoms with Gasteiger partial charge in [-0.05, 0) is 43.5 Å². The fourth-order valence-corrected chi connectivity index (χ4v) is 2.93. The summed E-state index contributed by atoms with van der Waals surface area (Å²) in [5.41, 5.74) is 1.49. The maximum Gasteiger partial charge on any atom is 0.222 e. The summed E-state index contributed by atoms with van der Waals surface area (Å²) in [4.78, 5) is 10.9. The van der Waals surface area contributed by atoms with Crippen molar-refractivity contribution in [2.45, 2.75) is 18.8 Å². The number of nitrogens with one attached hydrogen (secondary N) is 1. The molecular weight excluding hydrogens is 260 g/mol. The third kappa shape index (κ3) is 4.02. The Balaban J connectivity index is 1.40. The van der Waals surface area contributed by atoms with Gasteiger partial charge >= 0.3 is 0 Å². The van der Waals surface area contributed by atoms with E-state index in [1.807, 2.05) is 6.07 Å². The number of hydrogen-bond donors (Lipinski definition) is 1. The molecule has 1 N–H and O–H groups in total. The quantitative estimate of drug-likeness (QED) is 0.915. The Labute approximate surface area is 126 Å². The number of nitrogens with zero attached hydrogens (tertiary/aromatic N) is 3. The van der Waals surface area contributed by atoms with Gasteiger partial charge in [-0.3, -0.25) is 0 Å². The van der Waals surface area contributed by atoms with Gasteiger partial charge in [-0.15, -0.1) is 0 Å². The normalized spacial score (nSPS) is 16.8. The predicted octanol–water partition coefficient (Wildman–Crippen LogP) is 2.77. The highest BCUT2D eigenvalue weighted by Gasteiger charge is 2.19. The van der Waals surface area contributed by atoms with Crippen molar-refractivity contribution in [3.05, 3.63) is 54.4 Å². The van der Waals surface area contributed by atoms with Gasteiger partial charge in [0.25, 0.3) is 0 Å². The Kier molecular flexibility index (Phi) is 4.79. The van der Waals surface area contributed by atoms with E-state index in [0.717, 1.165) is 25.0 Å². The second-order valence-electron chi connectivity index (χ2n) is 5.53. The average Bonchev–Trinajstić information content (AvgIpc) is 2.57. The fourth-order valence-electron chi connectivity index (χ4n) is 2.93. The molecular formula is C17H22N4. The summed E-state index contributed by atoms with van der Waals surface area (Å²) in [6, 6.07) is 12.7. The molecule has 0 unspecified atom stereocenters. The van der Waals surface area contributed by atoms with Crippen LogP contribution in [0.1, 0.15) is 24.3 Å². The molecule has 1 aliphatic rings. The Morgan fingerprint density at radius 1 is 1.00 bits per heavy atom. The predicted molar refractivity (Wildman–Crippen MR) is 85.4 cm³/mol. The zero-order valence-corrected chi connectivity index (χ0v) is 12.3. The van der Waals surface area contributed by atoms with Crippen LogP contribution in [0, 0.1) is 0 Å². The molecule has 3 rings (SSSR count). The zero-order chi connectivity index (χ0) is 14.3.